The molecule has 1 heterocycles. The molecule has 4 rings (SSSR count). The number of carbonyl (C=O) groups is 1. The van der Waals surface area contributed by atoms with Gasteiger partial charge in [-0.25, -0.2) is 13.2 Å². The number of hydrogen-bond acceptors (Lipinski definition) is 4. The van der Waals surface area contributed by atoms with Crippen LogP contribution in [0.4, 0.5) is 0 Å². The van der Waals surface area contributed by atoms with Crippen molar-refractivity contribution in [2.24, 2.45) is 5.92 Å². The van der Waals surface area contributed by atoms with Crippen LogP contribution in [0.25, 0.3) is 21.9 Å². The van der Waals surface area contributed by atoms with Crippen molar-refractivity contribution < 1.29 is 18.3 Å². The maximum atomic E-state index is 13.5. The first-order valence-electron chi connectivity index (χ1n) is 11.0. The summed E-state index contributed by atoms with van der Waals surface area (Å²) in [6.07, 6.45) is 0. The Morgan fingerprint density at radius 1 is 0.971 bits per heavy atom. The third-order valence-electron chi connectivity index (χ3n) is 5.67. The minimum absolute atomic E-state index is 0.00887. The van der Waals surface area contributed by atoms with Crippen molar-refractivity contribution in [2.75, 3.05) is 5.75 Å². The molecule has 8 heteroatoms. The molecule has 1 N–H and O–H groups in total. The van der Waals surface area contributed by atoms with Crippen molar-refractivity contribution in [1.29, 1.82) is 0 Å². The number of halogens is 1. The lowest BCUT2D eigenvalue weighted by Crippen LogP contribution is -2.28. The van der Waals surface area contributed by atoms with E-state index >= 15 is 0 Å². The van der Waals surface area contributed by atoms with E-state index in [0.29, 0.717) is 27.5 Å². The van der Waals surface area contributed by atoms with Gasteiger partial charge in [0.05, 0.1) is 17.2 Å². The van der Waals surface area contributed by atoms with Gasteiger partial charge in [0.15, 0.2) is 9.84 Å². The van der Waals surface area contributed by atoms with E-state index in [0.717, 1.165) is 4.47 Å². The first kappa shape index (κ1) is 24.9. The van der Waals surface area contributed by atoms with E-state index < -0.39 is 21.4 Å². The third kappa shape index (κ3) is 5.09. The van der Waals surface area contributed by atoms with Crippen LogP contribution < -0.4 is 5.56 Å². The van der Waals surface area contributed by atoms with Gasteiger partial charge in [0.1, 0.15) is 5.69 Å². The Kier molecular flexibility index (Phi) is 6.96. The molecule has 0 unspecified atom stereocenters. The minimum Gasteiger partial charge on any atom is -0.477 e. The zero-order valence-electron chi connectivity index (χ0n) is 19.2. The van der Waals surface area contributed by atoms with Crippen LogP contribution in [0.1, 0.15) is 29.9 Å². The van der Waals surface area contributed by atoms with E-state index in [2.05, 4.69) is 15.9 Å². The lowest BCUT2D eigenvalue weighted by atomic mass is 9.96. The molecule has 4 aromatic rings. The van der Waals surface area contributed by atoms with Crippen molar-refractivity contribution in [2.45, 2.75) is 25.3 Å². The lowest BCUT2D eigenvalue weighted by Gasteiger charge is -2.18. The lowest BCUT2D eigenvalue weighted by molar-refractivity contribution is 0.0685. The normalized spacial score (nSPS) is 11.8. The summed E-state index contributed by atoms with van der Waals surface area (Å²) in [4.78, 5) is 26.2. The van der Waals surface area contributed by atoms with E-state index in [1.165, 1.54) is 16.7 Å². The fraction of sp³-hybridized carbons (Fsp3) is 0.185. The monoisotopic (exact) mass is 553 g/mol. The van der Waals surface area contributed by atoms with E-state index in [4.69, 9.17) is 0 Å². The number of carboxylic acid groups (broad SMARTS) is 1. The zero-order valence-corrected chi connectivity index (χ0v) is 21.6. The van der Waals surface area contributed by atoms with E-state index in [9.17, 15) is 23.1 Å². The van der Waals surface area contributed by atoms with Crippen LogP contribution in [0, 0.1) is 5.92 Å². The van der Waals surface area contributed by atoms with Crippen LogP contribution in [-0.2, 0) is 16.4 Å². The smallest absolute Gasteiger partial charge is 0.353 e. The van der Waals surface area contributed by atoms with Crippen molar-refractivity contribution in [3.05, 3.63) is 98.9 Å². The fourth-order valence-corrected chi connectivity index (χ4v) is 6.19. The van der Waals surface area contributed by atoms with E-state index in [1.807, 2.05) is 44.2 Å². The molecule has 0 atom stereocenters. The maximum absolute atomic E-state index is 13.5. The number of aromatic carboxylic acids is 1. The molecular weight excluding hydrogens is 530 g/mol. The summed E-state index contributed by atoms with van der Waals surface area (Å²) in [5.74, 6) is -1.19. The molecule has 0 aliphatic rings. The average molecular weight is 554 g/mol. The molecule has 3 aromatic carbocycles. The highest BCUT2D eigenvalue weighted by Gasteiger charge is 2.23. The maximum Gasteiger partial charge on any atom is 0.353 e. The molecule has 0 saturated carbocycles. The number of sulfone groups is 1. The Balaban J connectivity index is 1.91. The third-order valence-corrected chi connectivity index (χ3v) is 8.26. The van der Waals surface area contributed by atoms with Crippen LogP contribution in [0.3, 0.4) is 0 Å². The molecule has 0 radical (unpaired) electrons. The Morgan fingerprint density at radius 3 is 2.23 bits per heavy atom. The van der Waals surface area contributed by atoms with Crippen molar-refractivity contribution in [1.82, 2.24) is 4.57 Å². The molecule has 0 bridgehead atoms. The molecule has 35 heavy (non-hydrogen) atoms. The highest BCUT2D eigenvalue weighted by Crippen LogP contribution is 2.33. The van der Waals surface area contributed by atoms with Crippen molar-refractivity contribution >= 4 is 42.5 Å². The number of aromatic nitrogens is 1. The number of pyridine rings is 1. The summed E-state index contributed by atoms with van der Waals surface area (Å²) in [5.41, 5.74) is 1.19. The van der Waals surface area contributed by atoms with Gasteiger partial charge in [0.25, 0.3) is 5.56 Å². The SMILES string of the molecule is CC(C)CS(=O)(=O)c1ccc(Cn2c(C(=O)O)c(-c3ccccc3)c3cc(Br)ccc3c2=O)cc1. The Hall–Kier alpha value is -3.23. The summed E-state index contributed by atoms with van der Waals surface area (Å²) in [6.45, 7) is 3.67. The highest BCUT2D eigenvalue weighted by molar-refractivity contribution is 9.10. The summed E-state index contributed by atoms with van der Waals surface area (Å²) in [6, 6.07) is 20.5. The van der Waals surface area contributed by atoms with Crippen molar-refractivity contribution in [3.63, 3.8) is 0 Å². The van der Waals surface area contributed by atoms with E-state index in [-0.39, 0.29) is 28.8 Å². The summed E-state index contributed by atoms with van der Waals surface area (Å²) < 4.78 is 27.1. The van der Waals surface area contributed by atoms with Gasteiger partial charge < -0.3 is 5.11 Å². The van der Waals surface area contributed by atoms with Crippen LogP contribution in [0.15, 0.2) is 87.0 Å². The second-order valence-corrected chi connectivity index (χ2v) is 11.7. The van der Waals surface area contributed by atoms with Gasteiger partial charge in [-0.2, -0.15) is 0 Å². The Bertz CT molecular complexity index is 1570. The van der Waals surface area contributed by atoms with Gasteiger partial charge in [0.2, 0.25) is 0 Å². The first-order valence-corrected chi connectivity index (χ1v) is 13.5. The van der Waals surface area contributed by atoms with Crippen molar-refractivity contribution in [3.8, 4) is 11.1 Å². The molecule has 0 spiro atoms. The van der Waals surface area contributed by atoms with Gasteiger partial charge in [-0.3, -0.25) is 9.36 Å². The molecule has 0 fully saturated rings. The second-order valence-electron chi connectivity index (χ2n) is 8.80. The molecule has 0 aliphatic carbocycles. The van der Waals surface area contributed by atoms with Crippen LogP contribution >= 0.6 is 15.9 Å². The molecular formula is C27H24BrNO5S. The molecule has 0 saturated heterocycles. The van der Waals surface area contributed by atoms with Gasteiger partial charge in [-0.15, -0.1) is 0 Å². The van der Waals surface area contributed by atoms with Gasteiger partial charge >= 0.3 is 5.97 Å². The van der Waals surface area contributed by atoms with E-state index in [1.54, 1.807) is 30.3 Å². The number of carboxylic acids is 1. The first-order chi connectivity index (χ1) is 16.6. The zero-order chi connectivity index (χ0) is 25.3. The number of fused-ring (bicyclic) bond motifs is 1. The second kappa shape index (κ2) is 9.79. The molecule has 0 aliphatic heterocycles. The Labute approximate surface area is 211 Å². The average Bonchev–Trinajstić information content (AvgIpc) is 2.80. The summed E-state index contributed by atoms with van der Waals surface area (Å²) >= 11 is 3.43. The predicted octanol–water partition coefficient (Wildman–Crippen LogP) is 5.61. The number of hydrogen-bond donors (Lipinski definition) is 1. The van der Waals surface area contributed by atoms with Crippen LogP contribution in [0.5, 0.6) is 0 Å². The Morgan fingerprint density at radius 2 is 1.63 bits per heavy atom. The van der Waals surface area contributed by atoms with Gasteiger partial charge in [0, 0.05) is 15.4 Å². The van der Waals surface area contributed by atoms with Crippen LogP contribution in [0.2, 0.25) is 0 Å². The topological polar surface area (TPSA) is 93.4 Å². The van der Waals surface area contributed by atoms with Crippen LogP contribution in [-0.4, -0.2) is 29.8 Å². The van der Waals surface area contributed by atoms with Gasteiger partial charge in [-0.05, 0) is 52.8 Å². The minimum atomic E-state index is -3.42. The summed E-state index contributed by atoms with van der Waals surface area (Å²) in [7, 11) is -3.42. The fourth-order valence-electron chi connectivity index (χ4n) is 4.21. The van der Waals surface area contributed by atoms with Gasteiger partial charge in [-0.1, -0.05) is 72.2 Å². The molecule has 0 amide bonds. The highest BCUT2D eigenvalue weighted by atomic mass is 79.9. The molecule has 180 valence electrons. The standard InChI is InChI=1S/C27H24BrNO5S/c1-17(2)16-35(33,34)21-11-8-18(9-12-21)15-29-25(27(31)32)24(19-6-4-3-5-7-19)23-14-20(28)10-13-22(23)26(29)30/h3-14,17H,15-16H2,1-2H3,(H,31,32). The number of rotatable bonds is 7. The quantitative estimate of drug-likeness (QED) is 0.321. The predicted molar refractivity (Wildman–Crippen MR) is 141 cm³/mol. The molecule has 6 nitrogen and oxygen atoms in total. The number of nitrogens with zero attached hydrogens (tertiary/aromatic N) is 1. The molecule has 1 aromatic heterocycles. The number of benzene rings is 3. The largest absolute Gasteiger partial charge is 0.477 e. The summed E-state index contributed by atoms with van der Waals surface area (Å²) in [5, 5.41) is 11.2.